The summed E-state index contributed by atoms with van der Waals surface area (Å²) in [7, 11) is 0. The van der Waals surface area contributed by atoms with Crippen LogP contribution in [0.1, 0.15) is 31.9 Å². The van der Waals surface area contributed by atoms with Gasteiger partial charge in [0.1, 0.15) is 5.75 Å². The van der Waals surface area contributed by atoms with Gasteiger partial charge in [-0.2, -0.15) is 0 Å². The first-order valence-corrected chi connectivity index (χ1v) is 5.50. The van der Waals surface area contributed by atoms with E-state index in [0.717, 1.165) is 16.9 Å². The van der Waals surface area contributed by atoms with Crippen LogP contribution in [0.4, 0.5) is 0 Å². The third kappa shape index (κ3) is 1.62. The molecule has 0 aromatic heterocycles. The molecule has 14 heavy (non-hydrogen) atoms. The molecule has 0 amide bonds. The van der Waals surface area contributed by atoms with E-state index in [-0.39, 0.29) is 10.5 Å². The topological polar surface area (TPSA) is 40.5 Å². The van der Waals surface area contributed by atoms with Gasteiger partial charge in [-0.3, -0.25) is 0 Å². The minimum atomic E-state index is -0.451. The van der Waals surface area contributed by atoms with Gasteiger partial charge in [0, 0.05) is 4.75 Å². The van der Waals surface area contributed by atoms with Crippen LogP contribution in [-0.4, -0.2) is 15.0 Å². The van der Waals surface area contributed by atoms with Crippen LogP contribution in [0, 0.1) is 0 Å². The minimum absolute atomic E-state index is 0.00868. The van der Waals surface area contributed by atoms with Gasteiger partial charge in [-0.05, 0) is 18.1 Å². The Morgan fingerprint density at radius 1 is 1.43 bits per heavy atom. The smallest absolute Gasteiger partial charge is 0.129 e. The summed E-state index contributed by atoms with van der Waals surface area (Å²) in [5.41, 5.74) is 0.856. The predicted octanol–water partition coefficient (Wildman–Crippen LogP) is 2.70. The minimum Gasteiger partial charge on any atom is -0.507 e. The second-order valence-electron chi connectivity index (χ2n) is 4.28. The monoisotopic (exact) mass is 210 g/mol. The maximum absolute atomic E-state index is 9.90. The molecule has 0 radical (unpaired) electrons. The summed E-state index contributed by atoms with van der Waals surface area (Å²) >= 11 is 1.63. The average molecular weight is 210 g/mol. The number of benzene rings is 1. The van der Waals surface area contributed by atoms with Crippen LogP contribution >= 0.6 is 11.8 Å². The molecule has 2 rings (SSSR count). The van der Waals surface area contributed by atoms with Crippen LogP contribution in [0.2, 0.25) is 0 Å². The number of aromatic hydroxyl groups is 1. The van der Waals surface area contributed by atoms with Crippen molar-refractivity contribution in [2.45, 2.75) is 36.0 Å². The van der Waals surface area contributed by atoms with Crippen molar-refractivity contribution in [3.8, 4) is 5.75 Å². The number of hydrogen-bond donors (Lipinski definition) is 2. The van der Waals surface area contributed by atoms with Gasteiger partial charge >= 0.3 is 0 Å². The fraction of sp³-hybridized carbons (Fsp3) is 0.455. The highest BCUT2D eigenvalue weighted by molar-refractivity contribution is 8.00. The van der Waals surface area contributed by atoms with Gasteiger partial charge < -0.3 is 10.2 Å². The van der Waals surface area contributed by atoms with Gasteiger partial charge in [-0.1, -0.05) is 26.0 Å². The zero-order valence-electron chi connectivity index (χ0n) is 8.32. The van der Waals surface area contributed by atoms with E-state index in [2.05, 4.69) is 13.8 Å². The van der Waals surface area contributed by atoms with Gasteiger partial charge in [0.25, 0.3) is 0 Å². The Hall–Kier alpha value is -0.670. The van der Waals surface area contributed by atoms with Crippen molar-refractivity contribution in [1.82, 2.24) is 0 Å². The molecule has 1 unspecified atom stereocenters. The molecule has 0 aliphatic carbocycles. The second-order valence-corrected chi connectivity index (χ2v) is 5.99. The Kier molecular flexibility index (Phi) is 2.24. The first-order valence-electron chi connectivity index (χ1n) is 4.68. The molecule has 1 aliphatic rings. The molecule has 1 aliphatic heterocycles. The van der Waals surface area contributed by atoms with Crippen LogP contribution in [-0.2, 0) is 0 Å². The SMILES string of the molecule is CC1(C)CC(O)c2cccc(O)c2S1. The lowest BCUT2D eigenvalue weighted by molar-refractivity contribution is 0.150. The van der Waals surface area contributed by atoms with Crippen LogP contribution in [0.5, 0.6) is 5.75 Å². The van der Waals surface area contributed by atoms with Crippen molar-refractivity contribution in [2.75, 3.05) is 0 Å². The molecule has 1 heterocycles. The van der Waals surface area contributed by atoms with Crippen molar-refractivity contribution in [3.63, 3.8) is 0 Å². The highest BCUT2D eigenvalue weighted by Crippen LogP contribution is 2.50. The maximum Gasteiger partial charge on any atom is 0.129 e. The maximum atomic E-state index is 9.90. The van der Waals surface area contributed by atoms with E-state index in [0.29, 0.717) is 0 Å². The largest absolute Gasteiger partial charge is 0.507 e. The van der Waals surface area contributed by atoms with Gasteiger partial charge in [0.15, 0.2) is 0 Å². The molecule has 76 valence electrons. The number of aliphatic hydroxyl groups excluding tert-OH is 1. The first-order chi connectivity index (χ1) is 6.49. The van der Waals surface area contributed by atoms with Crippen molar-refractivity contribution in [3.05, 3.63) is 23.8 Å². The predicted molar refractivity (Wildman–Crippen MR) is 57.6 cm³/mol. The summed E-state index contributed by atoms with van der Waals surface area (Å²) in [6.45, 7) is 4.16. The quantitative estimate of drug-likeness (QED) is 0.691. The summed E-state index contributed by atoms with van der Waals surface area (Å²) in [6, 6.07) is 5.32. The van der Waals surface area contributed by atoms with Crippen molar-refractivity contribution in [2.24, 2.45) is 0 Å². The van der Waals surface area contributed by atoms with Crippen LogP contribution < -0.4 is 0 Å². The Morgan fingerprint density at radius 2 is 2.14 bits per heavy atom. The van der Waals surface area contributed by atoms with Gasteiger partial charge in [-0.25, -0.2) is 0 Å². The van der Waals surface area contributed by atoms with Crippen molar-refractivity contribution in [1.29, 1.82) is 0 Å². The number of phenols is 1. The first kappa shape index (κ1) is 9.87. The highest BCUT2D eigenvalue weighted by atomic mass is 32.2. The van der Waals surface area contributed by atoms with Crippen LogP contribution in [0.3, 0.4) is 0 Å². The molecule has 3 heteroatoms. The molecule has 1 aromatic carbocycles. The molecule has 0 fully saturated rings. The Balaban J connectivity index is 2.51. The Labute approximate surface area is 88.0 Å². The summed E-state index contributed by atoms with van der Waals surface area (Å²) < 4.78 is -0.00868. The van der Waals surface area contributed by atoms with Gasteiger partial charge in [0.2, 0.25) is 0 Å². The summed E-state index contributed by atoms with van der Waals surface area (Å²) in [4.78, 5) is 0.830. The van der Waals surface area contributed by atoms with E-state index in [4.69, 9.17) is 0 Å². The number of fused-ring (bicyclic) bond motifs is 1. The standard InChI is InChI=1S/C11H14O2S/c1-11(2)6-9(13)7-4-3-5-8(12)10(7)14-11/h3-5,9,12-13H,6H2,1-2H3. The molecule has 1 atom stereocenters. The zero-order chi connectivity index (χ0) is 10.3. The molecule has 2 N–H and O–H groups in total. The summed E-state index contributed by atoms with van der Waals surface area (Å²) in [5.74, 6) is 0.277. The lowest BCUT2D eigenvalue weighted by Gasteiger charge is -2.34. The van der Waals surface area contributed by atoms with Crippen molar-refractivity contribution < 1.29 is 10.2 Å². The molecule has 0 saturated carbocycles. The zero-order valence-corrected chi connectivity index (χ0v) is 9.14. The molecule has 1 aromatic rings. The fourth-order valence-corrected chi connectivity index (χ4v) is 3.10. The highest BCUT2D eigenvalue weighted by Gasteiger charge is 2.33. The van der Waals surface area contributed by atoms with E-state index >= 15 is 0 Å². The van der Waals surface area contributed by atoms with Gasteiger partial charge in [0.05, 0.1) is 11.0 Å². The van der Waals surface area contributed by atoms with Crippen LogP contribution in [0.25, 0.3) is 0 Å². The van der Waals surface area contributed by atoms with E-state index in [1.54, 1.807) is 23.9 Å². The van der Waals surface area contributed by atoms with E-state index < -0.39 is 6.10 Å². The Morgan fingerprint density at radius 3 is 2.86 bits per heavy atom. The van der Waals surface area contributed by atoms with E-state index in [1.807, 2.05) is 6.07 Å². The molecular formula is C11H14O2S. The number of rotatable bonds is 0. The molecule has 0 spiro atoms. The number of hydrogen-bond acceptors (Lipinski definition) is 3. The molecular weight excluding hydrogens is 196 g/mol. The van der Waals surface area contributed by atoms with Crippen molar-refractivity contribution >= 4 is 11.8 Å². The van der Waals surface area contributed by atoms with Crippen LogP contribution in [0.15, 0.2) is 23.1 Å². The number of phenolic OH excluding ortho intramolecular Hbond substituents is 1. The van der Waals surface area contributed by atoms with Gasteiger partial charge in [-0.15, -0.1) is 11.8 Å². The molecule has 0 saturated heterocycles. The number of aliphatic hydroxyl groups is 1. The summed E-state index contributed by atoms with van der Waals surface area (Å²) in [5, 5.41) is 19.6. The molecule has 0 bridgehead atoms. The summed E-state index contributed by atoms with van der Waals surface area (Å²) in [6.07, 6.45) is 0.280. The van der Waals surface area contributed by atoms with E-state index in [9.17, 15) is 10.2 Å². The normalized spacial score (nSPS) is 24.4. The average Bonchev–Trinajstić information content (AvgIpc) is 2.05. The third-order valence-corrected chi connectivity index (χ3v) is 3.82. The lowest BCUT2D eigenvalue weighted by atomic mass is 9.98. The second kappa shape index (κ2) is 3.17. The lowest BCUT2D eigenvalue weighted by Crippen LogP contribution is -2.23. The fourth-order valence-electron chi connectivity index (χ4n) is 1.81. The third-order valence-electron chi connectivity index (χ3n) is 2.45. The van der Waals surface area contributed by atoms with E-state index in [1.165, 1.54) is 0 Å². The number of thioether (sulfide) groups is 1. The Bertz CT molecular complexity index is 360. The molecule has 2 nitrogen and oxygen atoms in total.